The van der Waals surface area contributed by atoms with Gasteiger partial charge in [-0.2, -0.15) is 0 Å². The molecule has 0 unspecified atom stereocenters. The number of hydrogen-bond donors (Lipinski definition) is 1. The van der Waals surface area contributed by atoms with Crippen molar-refractivity contribution in [3.05, 3.63) is 29.0 Å². The van der Waals surface area contributed by atoms with Crippen molar-refractivity contribution >= 4 is 28.6 Å². The van der Waals surface area contributed by atoms with E-state index in [-0.39, 0.29) is 0 Å². The van der Waals surface area contributed by atoms with Gasteiger partial charge in [-0.1, -0.05) is 11.6 Å². The van der Waals surface area contributed by atoms with Gasteiger partial charge in [0.15, 0.2) is 6.61 Å². The molecule has 0 saturated heterocycles. The van der Waals surface area contributed by atoms with Gasteiger partial charge in [-0.05, 0) is 19.1 Å². The molecule has 2 rings (SSSR count). The largest absolute Gasteiger partial charge is 0.480 e. The maximum Gasteiger partial charge on any atom is 0.341 e. The maximum absolute atomic E-state index is 10.5. The second kappa shape index (κ2) is 4.55. The highest BCUT2D eigenvalue weighted by Gasteiger charge is 2.10. The van der Waals surface area contributed by atoms with Crippen LogP contribution >= 0.6 is 11.6 Å². The number of carboxylic acids is 1. The minimum absolute atomic E-state index is 0.364. The Morgan fingerprint density at radius 1 is 1.47 bits per heavy atom. The average Bonchev–Trinajstić information content (AvgIpc) is 2.28. The Balaban J connectivity index is 2.52. The molecule has 0 amide bonds. The van der Waals surface area contributed by atoms with Gasteiger partial charge in [0.05, 0.1) is 10.7 Å². The van der Waals surface area contributed by atoms with Crippen LogP contribution in [0, 0.1) is 6.92 Å². The number of carboxylic acid groups (broad SMARTS) is 1. The Labute approximate surface area is 102 Å². The zero-order valence-electron chi connectivity index (χ0n) is 8.98. The van der Waals surface area contributed by atoms with Crippen LogP contribution in [0.15, 0.2) is 18.3 Å². The van der Waals surface area contributed by atoms with Crippen molar-refractivity contribution in [2.75, 3.05) is 6.61 Å². The summed E-state index contributed by atoms with van der Waals surface area (Å²) in [4.78, 5) is 18.9. The Bertz CT molecular complexity index is 586. The van der Waals surface area contributed by atoms with Crippen molar-refractivity contribution in [2.45, 2.75) is 6.92 Å². The van der Waals surface area contributed by atoms with Gasteiger partial charge in [0.2, 0.25) is 0 Å². The van der Waals surface area contributed by atoms with Crippen molar-refractivity contribution in [1.82, 2.24) is 9.97 Å². The first-order chi connectivity index (χ1) is 8.08. The number of fused-ring (bicyclic) bond motifs is 1. The van der Waals surface area contributed by atoms with Crippen molar-refractivity contribution in [3.8, 4) is 5.75 Å². The van der Waals surface area contributed by atoms with Gasteiger partial charge in [0, 0.05) is 6.20 Å². The van der Waals surface area contributed by atoms with Crippen LogP contribution < -0.4 is 4.74 Å². The lowest BCUT2D eigenvalue weighted by atomic mass is 10.2. The van der Waals surface area contributed by atoms with Crippen LogP contribution in [0.4, 0.5) is 0 Å². The number of hydrogen-bond acceptors (Lipinski definition) is 4. The number of rotatable bonds is 3. The lowest BCUT2D eigenvalue weighted by Gasteiger charge is -2.07. The first kappa shape index (κ1) is 11.6. The third kappa shape index (κ3) is 2.45. The predicted molar refractivity (Wildman–Crippen MR) is 62.4 cm³/mol. The molecule has 6 heteroatoms. The Morgan fingerprint density at radius 3 is 2.94 bits per heavy atom. The Hall–Kier alpha value is -1.88. The van der Waals surface area contributed by atoms with Crippen molar-refractivity contribution in [1.29, 1.82) is 0 Å². The molecule has 0 radical (unpaired) electrons. The van der Waals surface area contributed by atoms with E-state index >= 15 is 0 Å². The molecule has 1 aromatic carbocycles. The first-order valence-electron chi connectivity index (χ1n) is 4.84. The maximum atomic E-state index is 10.5. The SMILES string of the molecule is Cc1cnc2c(Cl)ccc(OCC(=O)O)c2n1. The number of carbonyl (C=O) groups is 1. The normalized spacial score (nSPS) is 10.5. The number of aromatic nitrogens is 2. The molecule has 5 nitrogen and oxygen atoms in total. The lowest BCUT2D eigenvalue weighted by molar-refractivity contribution is -0.139. The lowest BCUT2D eigenvalue weighted by Crippen LogP contribution is -2.10. The fourth-order valence-corrected chi connectivity index (χ4v) is 1.59. The number of nitrogens with zero attached hydrogens (tertiary/aromatic N) is 2. The van der Waals surface area contributed by atoms with Gasteiger partial charge in [0.25, 0.3) is 0 Å². The number of ether oxygens (including phenoxy) is 1. The van der Waals surface area contributed by atoms with Crippen molar-refractivity contribution < 1.29 is 14.6 Å². The molecule has 0 aliphatic rings. The summed E-state index contributed by atoms with van der Waals surface area (Å²) in [6.07, 6.45) is 1.59. The number of aliphatic carboxylic acids is 1. The van der Waals surface area contributed by atoms with Crippen LogP contribution in [0.2, 0.25) is 5.02 Å². The van der Waals surface area contributed by atoms with Crippen LogP contribution in [0.3, 0.4) is 0 Å². The van der Waals surface area contributed by atoms with E-state index < -0.39 is 12.6 Å². The van der Waals surface area contributed by atoms with Crippen LogP contribution in [-0.4, -0.2) is 27.7 Å². The monoisotopic (exact) mass is 252 g/mol. The highest BCUT2D eigenvalue weighted by atomic mass is 35.5. The molecule has 88 valence electrons. The highest BCUT2D eigenvalue weighted by molar-refractivity contribution is 6.35. The van der Waals surface area contributed by atoms with Gasteiger partial charge >= 0.3 is 5.97 Å². The quantitative estimate of drug-likeness (QED) is 0.905. The molecule has 17 heavy (non-hydrogen) atoms. The van der Waals surface area contributed by atoms with E-state index in [9.17, 15) is 4.79 Å². The highest BCUT2D eigenvalue weighted by Crippen LogP contribution is 2.28. The summed E-state index contributed by atoms with van der Waals surface area (Å²) < 4.78 is 5.13. The molecule has 1 N–H and O–H groups in total. The molecule has 1 heterocycles. The average molecular weight is 253 g/mol. The van der Waals surface area contributed by atoms with Gasteiger partial charge < -0.3 is 9.84 Å². The third-order valence-corrected chi connectivity index (χ3v) is 2.39. The summed E-state index contributed by atoms with van der Waals surface area (Å²) in [6, 6.07) is 3.19. The van der Waals surface area contributed by atoms with Crippen LogP contribution in [0.25, 0.3) is 11.0 Å². The molecule has 0 bridgehead atoms. The molecule has 0 aliphatic carbocycles. The van der Waals surface area contributed by atoms with Gasteiger partial charge in [0.1, 0.15) is 16.8 Å². The second-order valence-electron chi connectivity index (χ2n) is 3.44. The van der Waals surface area contributed by atoms with Crippen molar-refractivity contribution in [2.24, 2.45) is 0 Å². The molecule has 0 spiro atoms. The van der Waals surface area contributed by atoms with E-state index in [1.165, 1.54) is 0 Å². The fourth-order valence-electron chi connectivity index (χ4n) is 1.39. The molecule has 0 fully saturated rings. The number of halogens is 1. The summed E-state index contributed by atoms with van der Waals surface area (Å²) in [7, 11) is 0. The molecule has 0 saturated carbocycles. The fraction of sp³-hybridized carbons (Fsp3) is 0.182. The standard InChI is InChI=1S/C11H9ClN2O3/c1-6-4-13-10-7(12)2-3-8(11(10)14-6)17-5-9(15)16/h2-4H,5H2,1H3,(H,15,16). The van der Waals surface area contributed by atoms with E-state index in [2.05, 4.69) is 9.97 Å². The van der Waals surface area contributed by atoms with E-state index in [1.54, 1.807) is 25.3 Å². The minimum Gasteiger partial charge on any atom is -0.480 e. The third-order valence-electron chi connectivity index (χ3n) is 2.08. The van der Waals surface area contributed by atoms with Crippen molar-refractivity contribution in [3.63, 3.8) is 0 Å². The number of benzene rings is 1. The topological polar surface area (TPSA) is 72.3 Å². The zero-order valence-corrected chi connectivity index (χ0v) is 9.73. The molecule has 1 aromatic heterocycles. The summed E-state index contributed by atoms with van der Waals surface area (Å²) in [5.74, 6) is -0.684. The van der Waals surface area contributed by atoms with Gasteiger partial charge in [-0.3, -0.25) is 4.98 Å². The summed E-state index contributed by atoms with van der Waals surface area (Å²) in [5.41, 5.74) is 1.68. The summed E-state index contributed by atoms with van der Waals surface area (Å²) >= 11 is 5.97. The molecule has 0 atom stereocenters. The molecular weight excluding hydrogens is 244 g/mol. The molecule has 2 aromatic rings. The summed E-state index contributed by atoms with van der Waals surface area (Å²) in [5, 5.41) is 9.02. The zero-order chi connectivity index (χ0) is 12.4. The van der Waals surface area contributed by atoms with E-state index in [0.717, 1.165) is 0 Å². The molecular formula is C11H9ClN2O3. The van der Waals surface area contributed by atoms with Gasteiger partial charge in [-0.25, -0.2) is 9.78 Å². The first-order valence-corrected chi connectivity index (χ1v) is 5.22. The Kier molecular flexibility index (Phi) is 3.10. The minimum atomic E-state index is -1.05. The van der Waals surface area contributed by atoms with Gasteiger partial charge in [-0.15, -0.1) is 0 Å². The number of aryl methyl sites for hydroxylation is 1. The summed E-state index contributed by atoms with van der Waals surface area (Å²) in [6.45, 7) is 1.36. The van der Waals surface area contributed by atoms with Crippen LogP contribution in [0.5, 0.6) is 5.75 Å². The second-order valence-corrected chi connectivity index (χ2v) is 3.84. The van der Waals surface area contributed by atoms with E-state index in [4.69, 9.17) is 21.4 Å². The Morgan fingerprint density at radius 2 is 2.24 bits per heavy atom. The van der Waals surface area contributed by atoms with Crippen LogP contribution in [0.1, 0.15) is 5.69 Å². The van der Waals surface area contributed by atoms with E-state index in [1.807, 2.05) is 0 Å². The van der Waals surface area contributed by atoms with Crippen LogP contribution in [-0.2, 0) is 4.79 Å². The van der Waals surface area contributed by atoms with E-state index in [0.29, 0.717) is 27.5 Å². The predicted octanol–water partition coefficient (Wildman–Crippen LogP) is 2.06. The smallest absolute Gasteiger partial charge is 0.341 e. The molecule has 0 aliphatic heterocycles.